The molecule has 0 radical (unpaired) electrons. The molecule has 0 heterocycles. The van der Waals surface area contributed by atoms with Crippen molar-refractivity contribution in [3.8, 4) is 0 Å². The Kier molecular flexibility index (Phi) is 19.0. The standard InChI is InChI=1S/C19H34O9.C5H8O4/c1-5-19(4,12-20)28-17(24)11-16(23)26-10-9-18(3,25)13-27-15(22)8-6-7-14(2)21;1-8-4(6)3-5(7)9-2/h14,20-21,25H,5-13H2,1-4H3;3H2,1-2H3. The molecule has 0 aromatic carbocycles. The first-order valence-corrected chi connectivity index (χ1v) is 11.8. The van der Waals surface area contributed by atoms with Gasteiger partial charge in [0.2, 0.25) is 0 Å². The van der Waals surface area contributed by atoms with Crippen molar-refractivity contribution in [3.05, 3.63) is 0 Å². The minimum atomic E-state index is -1.39. The number of aliphatic hydroxyl groups excluding tert-OH is 2. The van der Waals surface area contributed by atoms with Gasteiger partial charge in [-0.1, -0.05) is 6.92 Å². The lowest BCUT2D eigenvalue weighted by molar-refractivity contribution is -0.168. The van der Waals surface area contributed by atoms with Crippen molar-refractivity contribution in [1.82, 2.24) is 0 Å². The third kappa shape index (κ3) is 21.1. The van der Waals surface area contributed by atoms with E-state index in [1.54, 1.807) is 20.8 Å². The third-order valence-corrected chi connectivity index (χ3v) is 4.93. The number of methoxy groups -OCH3 is 2. The van der Waals surface area contributed by atoms with Gasteiger partial charge in [-0.2, -0.15) is 0 Å². The Morgan fingerprint density at radius 1 is 0.865 bits per heavy atom. The minimum absolute atomic E-state index is 0.0120. The molecule has 3 atom stereocenters. The van der Waals surface area contributed by atoms with E-state index in [4.69, 9.17) is 19.3 Å². The van der Waals surface area contributed by atoms with Gasteiger partial charge in [0.25, 0.3) is 0 Å². The fourth-order valence-electron chi connectivity index (χ4n) is 2.27. The first-order chi connectivity index (χ1) is 17.1. The highest BCUT2D eigenvalue weighted by molar-refractivity contribution is 5.91. The maximum absolute atomic E-state index is 11.7. The molecule has 0 aromatic rings. The van der Waals surface area contributed by atoms with Crippen LogP contribution in [-0.2, 0) is 47.7 Å². The van der Waals surface area contributed by atoms with Crippen LogP contribution in [0.25, 0.3) is 0 Å². The summed E-state index contributed by atoms with van der Waals surface area (Å²) in [5, 5.41) is 28.5. The van der Waals surface area contributed by atoms with Crippen molar-refractivity contribution in [3.63, 3.8) is 0 Å². The Labute approximate surface area is 217 Å². The van der Waals surface area contributed by atoms with Gasteiger partial charge < -0.3 is 39.0 Å². The number of aliphatic hydroxyl groups is 3. The zero-order chi connectivity index (χ0) is 29.1. The summed E-state index contributed by atoms with van der Waals surface area (Å²) >= 11 is 0. The number of esters is 5. The van der Waals surface area contributed by atoms with E-state index < -0.39 is 53.6 Å². The summed E-state index contributed by atoms with van der Waals surface area (Å²) in [4.78, 5) is 55.4. The second-order valence-electron chi connectivity index (χ2n) is 8.81. The summed E-state index contributed by atoms with van der Waals surface area (Å²) in [6.45, 7) is 5.58. The summed E-state index contributed by atoms with van der Waals surface area (Å²) in [6, 6.07) is 0. The van der Waals surface area contributed by atoms with E-state index in [1.807, 2.05) is 0 Å². The van der Waals surface area contributed by atoms with Crippen molar-refractivity contribution < 1.29 is 63.0 Å². The van der Waals surface area contributed by atoms with Crippen LogP contribution in [0.5, 0.6) is 0 Å². The highest BCUT2D eigenvalue weighted by Crippen LogP contribution is 2.16. The number of hydrogen-bond acceptors (Lipinski definition) is 13. The van der Waals surface area contributed by atoms with Gasteiger partial charge in [0.1, 0.15) is 25.0 Å². The van der Waals surface area contributed by atoms with Gasteiger partial charge in [0, 0.05) is 12.8 Å². The largest absolute Gasteiger partial charge is 0.469 e. The van der Waals surface area contributed by atoms with Gasteiger partial charge in [-0.15, -0.1) is 0 Å². The van der Waals surface area contributed by atoms with Gasteiger partial charge >= 0.3 is 29.8 Å². The van der Waals surface area contributed by atoms with E-state index in [9.17, 15) is 34.2 Å². The van der Waals surface area contributed by atoms with Crippen LogP contribution in [0.3, 0.4) is 0 Å². The summed E-state index contributed by atoms with van der Waals surface area (Å²) in [5.74, 6) is -3.26. The molecular formula is C24H42O13. The van der Waals surface area contributed by atoms with Crippen LogP contribution in [0, 0.1) is 0 Å². The summed E-state index contributed by atoms with van der Waals surface area (Å²) in [7, 11) is 2.43. The highest BCUT2D eigenvalue weighted by Gasteiger charge is 2.28. The quantitative estimate of drug-likeness (QED) is 0.140. The van der Waals surface area contributed by atoms with Crippen LogP contribution in [-0.4, -0.2) is 96.5 Å². The topological polar surface area (TPSA) is 192 Å². The smallest absolute Gasteiger partial charge is 0.317 e. The maximum atomic E-state index is 11.7. The lowest BCUT2D eigenvalue weighted by atomic mass is 10.0. The van der Waals surface area contributed by atoms with Crippen LogP contribution < -0.4 is 0 Å². The van der Waals surface area contributed by atoms with E-state index >= 15 is 0 Å². The number of carbonyl (C=O) groups is 5. The molecule has 0 spiro atoms. The molecule has 0 aliphatic carbocycles. The first kappa shape index (κ1) is 36.4. The molecule has 13 heteroatoms. The van der Waals surface area contributed by atoms with Crippen molar-refractivity contribution in [2.24, 2.45) is 0 Å². The molecule has 0 saturated carbocycles. The van der Waals surface area contributed by atoms with Crippen molar-refractivity contribution >= 4 is 29.8 Å². The Bertz CT molecular complexity index is 697. The zero-order valence-electron chi connectivity index (χ0n) is 22.6. The molecule has 3 N–H and O–H groups in total. The van der Waals surface area contributed by atoms with Crippen molar-refractivity contribution in [1.29, 1.82) is 0 Å². The second-order valence-corrected chi connectivity index (χ2v) is 8.81. The Morgan fingerprint density at radius 2 is 1.41 bits per heavy atom. The summed E-state index contributed by atoms with van der Waals surface area (Å²) in [5.41, 5.74) is -2.43. The molecule has 0 saturated heterocycles. The number of ether oxygens (including phenoxy) is 5. The predicted octanol–water partition coefficient (Wildman–Crippen LogP) is 0.582. The van der Waals surface area contributed by atoms with Crippen LogP contribution in [0.1, 0.15) is 72.6 Å². The average Bonchev–Trinajstić information content (AvgIpc) is 2.82. The lowest BCUT2D eigenvalue weighted by Crippen LogP contribution is -2.36. The zero-order valence-corrected chi connectivity index (χ0v) is 22.6. The van der Waals surface area contributed by atoms with E-state index in [1.165, 1.54) is 21.1 Å². The summed E-state index contributed by atoms with van der Waals surface area (Å²) < 4.78 is 23.3. The molecule has 0 amide bonds. The Hall–Kier alpha value is -2.77. The predicted molar refractivity (Wildman–Crippen MR) is 128 cm³/mol. The van der Waals surface area contributed by atoms with E-state index in [2.05, 4.69) is 9.47 Å². The molecule has 0 fully saturated rings. The summed E-state index contributed by atoms with van der Waals surface area (Å²) in [6.07, 6.45) is 0.121. The van der Waals surface area contributed by atoms with E-state index in [-0.39, 0.29) is 39.1 Å². The average molecular weight is 539 g/mol. The van der Waals surface area contributed by atoms with Crippen LogP contribution in [0.4, 0.5) is 0 Å². The van der Waals surface area contributed by atoms with Gasteiger partial charge in [-0.3, -0.25) is 24.0 Å². The fourth-order valence-corrected chi connectivity index (χ4v) is 2.27. The Morgan fingerprint density at radius 3 is 1.86 bits per heavy atom. The van der Waals surface area contributed by atoms with E-state index in [0.717, 1.165) is 0 Å². The SMILES string of the molecule is CCC(C)(CO)OC(=O)CC(=O)OCCC(C)(O)COC(=O)CCCC(C)O.COC(=O)CC(=O)OC. The molecule has 0 aromatic heterocycles. The molecule has 0 bridgehead atoms. The van der Waals surface area contributed by atoms with Gasteiger partial charge in [-0.25, -0.2) is 0 Å². The molecular weight excluding hydrogens is 496 g/mol. The van der Waals surface area contributed by atoms with Crippen molar-refractivity contribution in [2.45, 2.75) is 89.9 Å². The lowest BCUT2D eigenvalue weighted by Gasteiger charge is -2.25. The van der Waals surface area contributed by atoms with E-state index in [0.29, 0.717) is 19.3 Å². The monoisotopic (exact) mass is 538 g/mol. The van der Waals surface area contributed by atoms with Crippen LogP contribution >= 0.6 is 0 Å². The maximum Gasteiger partial charge on any atom is 0.317 e. The normalized spacial score (nSPS) is 14.4. The van der Waals surface area contributed by atoms with Crippen molar-refractivity contribution in [2.75, 3.05) is 34.0 Å². The minimum Gasteiger partial charge on any atom is -0.469 e. The van der Waals surface area contributed by atoms with Crippen LogP contribution in [0.2, 0.25) is 0 Å². The second kappa shape index (κ2) is 19.4. The van der Waals surface area contributed by atoms with Gasteiger partial charge in [0.15, 0.2) is 0 Å². The number of hydrogen-bond donors (Lipinski definition) is 3. The highest BCUT2D eigenvalue weighted by atomic mass is 16.6. The molecule has 216 valence electrons. The number of carbonyl (C=O) groups excluding carboxylic acids is 5. The molecule has 0 aliphatic heterocycles. The van der Waals surface area contributed by atoms with Gasteiger partial charge in [-0.05, 0) is 40.0 Å². The molecule has 37 heavy (non-hydrogen) atoms. The van der Waals surface area contributed by atoms with Crippen LogP contribution in [0.15, 0.2) is 0 Å². The fraction of sp³-hybridized carbons (Fsp3) is 0.792. The molecule has 0 aliphatic rings. The molecule has 3 unspecified atom stereocenters. The molecule has 0 rings (SSSR count). The third-order valence-electron chi connectivity index (χ3n) is 4.93. The number of rotatable bonds is 16. The molecule has 13 nitrogen and oxygen atoms in total. The first-order valence-electron chi connectivity index (χ1n) is 11.8. The van der Waals surface area contributed by atoms with Gasteiger partial charge in [0.05, 0.1) is 39.1 Å². The Balaban J connectivity index is 0.